The minimum absolute atomic E-state index is 0.694. The van der Waals surface area contributed by atoms with Crippen LogP contribution in [0.3, 0.4) is 0 Å². The normalized spacial score (nSPS) is 45.2. The molecule has 18 atom stereocenters. The molecule has 4 aromatic carbocycles. The van der Waals surface area contributed by atoms with Gasteiger partial charge in [0.1, 0.15) is 0 Å². The summed E-state index contributed by atoms with van der Waals surface area (Å²) in [7, 11) is 0. The van der Waals surface area contributed by atoms with Crippen molar-refractivity contribution in [1.82, 2.24) is 9.80 Å². The number of hydrogen-bond donors (Lipinski definition) is 0. The lowest BCUT2D eigenvalue weighted by Gasteiger charge is -2.62. The van der Waals surface area contributed by atoms with Crippen molar-refractivity contribution in [3.63, 3.8) is 0 Å². The highest BCUT2D eigenvalue weighted by atomic mass is 32.2. The Kier molecular flexibility index (Phi) is 9.08. The minimum atomic E-state index is 0.694. The van der Waals surface area contributed by atoms with Crippen LogP contribution in [-0.4, -0.2) is 67.1 Å². The van der Waals surface area contributed by atoms with Gasteiger partial charge >= 0.3 is 0 Å². The molecule has 13 rings (SSSR count). The lowest BCUT2D eigenvalue weighted by atomic mass is 9.67. The molecular weight excluding hydrogens is 741 g/mol. The van der Waals surface area contributed by atoms with E-state index < -0.39 is 0 Å². The van der Waals surface area contributed by atoms with Crippen LogP contribution in [0, 0.1) is 23.7 Å². The molecule has 0 amide bonds. The quantitative estimate of drug-likeness (QED) is 0.203. The second kappa shape index (κ2) is 14.6. The number of rotatable bonds is 4. The molecule has 300 valence electrons. The van der Waals surface area contributed by atoms with Crippen molar-refractivity contribution in [1.29, 1.82) is 0 Å². The monoisotopic (exact) mass is 802 g/mol. The SMILES string of the molecule is c1ccc(C2CCC3C4CCC(c5ccccc5)C5SC6CC7C(CC6N(C3C2)C45)SC2C(c3ccccc3)CCC3C4CCC(c5ccccc5)CC4N7C32)cc1. The zero-order chi connectivity index (χ0) is 37.9. The highest BCUT2D eigenvalue weighted by Gasteiger charge is 2.67. The molecule has 5 aliphatic carbocycles. The molecule has 0 radical (unpaired) electrons. The molecule has 58 heavy (non-hydrogen) atoms. The van der Waals surface area contributed by atoms with Crippen LogP contribution in [0.2, 0.25) is 0 Å². The van der Waals surface area contributed by atoms with Gasteiger partial charge in [0, 0.05) is 57.3 Å². The van der Waals surface area contributed by atoms with Gasteiger partial charge in [-0.05, 0) is 147 Å². The van der Waals surface area contributed by atoms with Crippen molar-refractivity contribution in [2.24, 2.45) is 23.7 Å². The smallest absolute Gasteiger partial charge is 0.0278 e. The van der Waals surface area contributed by atoms with E-state index in [2.05, 4.69) is 155 Å². The zero-order valence-electron chi connectivity index (χ0n) is 34.1. The van der Waals surface area contributed by atoms with Crippen molar-refractivity contribution in [2.75, 3.05) is 0 Å². The summed E-state index contributed by atoms with van der Waals surface area (Å²) in [6.45, 7) is 0. The maximum absolute atomic E-state index is 3.37. The predicted octanol–water partition coefficient (Wildman–Crippen LogP) is 12.1. The topological polar surface area (TPSA) is 6.48 Å². The fraction of sp³-hybridized carbons (Fsp3) is 0.556. The van der Waals surface area contributed by atoms with Gasteiger partial charge < -0.3 is 0 Å². The third kappa shape index (κ3) is 5.65. The van der Waals surface area contributed by atoms with Gasteiger partial charge in [-0.15, -0.1) is 0 Å². The molecule has 0 aromatic heterocycles. The van der Waals surface area contributed by atoms with Gasteiger partial charge in [-0.3, -0.25) is 9.80 Å². The number of hydrogen-bond acceptors (Lipinski definition) is 4. The molecule has 9 aliphatic rings. The van der Waals surface area contributed by atoms with Crippen molar-refractivity contribution >= 4 is 23.5 Å². The average molecular weight is 803 g/mol. The number of nitrogens with zero attached hydrogens (tertiary/aromatic N) is 2. The molecular formula is C54H62N2S2. The summed E-state index contributed by atoms with van der Waals surface area (Å²) >= 11 is 5.10. The Morgan fingerprint density at radius 2 is 0.707 bits per heavy atom. The van der Waals surface area contributed by atoms with E-state index in [0.717, 1.165) is 92.8 Å². The van der Waals surface area contributed by atoms with Crippen LogP contribution >= 0.6 is 23.5 Å². The van der Waals surface area contributed by atoms with E-state index in [1.807, 2.05) is 0 Å². The molecule has 4 heterocycles. The first kappa shape index (κ1) is 36.2. The summed E-state index contributed by atoms with van der Waals surface area (Å²) in [6.07, 6.45) is 17.0. The van der Waals surface area contributed by atoms with Gasteiger partial charge in [-0.1, -0.05) is 121 Å². The first-order valence-corrected chi connectivity index (χ1v) is 25.7. The molecule has 0 N–H and O–H groups in total. The van der Waals surface area contributed by atoms with Gasteiger partial charge in [0.15, 0.2) is 0 Å². The predicted molar refractivity (Wildman–Crippen MR) is 243 cm³/mol. The number of fused-ring (bicyclic) bond motifs is 10. The average Bonchev–Trinajstić information content (AvgIpc) is 3.81. The Bertz CT molecular complexity index is 1910. The van der Waals surface area contributed by atoms with E-state index in [0.29, 0.717) is 11.8 Å². The fourth-order valence-corrected chi connectivity index (χ4v) is 20.7. The van der Waals surface area contributed by atoms with Gasteiger partial charge in [0.2, 0.25) is 0 Å². The maximum Gasteiger partial charge on any atom is 0.0278 e. The van der Waals surface area contributed by atoms with E-state index in [9.17, 15) is 0 Å². The summed E-state index contributed by atoms with van der Waals surface area (Å²) in [5.41, 5.74) is 6.48. The van der Waals surface area contributed by atoms with Crippen molar-refractivity contribution < 1.29 is 0 Å². The van der Waals surface area contributed by atoms with Crippen molar-refractivity contribution in [3.05, 3.63) is 144 Å². The lowest BCUT2D eigenvalue weighted by molar-refractivity contribution is 0.0109. The van der Waals surface area contributed by atoms with E-state index in [-0.39, 0.29) is 0 Å². The first-order valence-electron chi connectivity index (χ1n) is 23.8. The molecule has 4 aliphatic heterocycles. The van der Waals surface area contributed by atoms with Gasteiger partial charge in [-0.2, -0.15) is 23.5 Å². The Balaban J connectivity index is 0.885. The van der Waals surface area contributed by atoms with Gasteiger partial charge in [-0.25, -0.2) is 0 Å². The third-order valence-corrected chi connectivity index (χ3v) is 22.0. The summed E-state index contributed by atoms with van der Waals surface area (Å²) in [4.78, 5) is 6.73. The standard InChI is InChI=1S/C54H62N2S2/c1-5-13-33(14-6-1)37-21-23-41-43-27-25-39(35-17-9-3-10-18-35)53-51(43)55(45(41)29-37)47-31-50-48(32-49(47)57-53)56-46-30-38(34-15-7-2-8-16-34)22-24-42(46)44-28-26-40(54(58-50)52(44)56)36-19-11-4-12-20-36/h1-20,37-54H,21-32H2. The van der Waals surface area contributed by atoms with Crippen LogP contribution in [0.5, 0.6) is 0 Å². The van der Waals surface area contributed by atoms with Crippen molar-refractivity contribution in [3.8, 4) is 0 Å². The highest BCUT2D eigenvalue weighted by molar-refractivity contribution is 8.01. The molecule has 4 aromatic rings. The van der Waals surface area contributed by atoms with E-state index in [1.165, 1.54) is 77.0 Å². The second-order valence-electron chi connectivity index (χ2n) is 20.6. The van der Waals surface area contributed by atoms with Crippen LogP contribution in [0.15, 0.2) is 121 Å². The summed E-state index contributed by atoms with van der Waals surface area (Å²) in [5, 5.41) is 2.97. The Hall–Kier alpha value is -2.50. The number of thioether (sulfide) groups is 2. The molecule has 4 saturated heterocycles. The van der Waals surface area contributed by atoms with Crippen LogP contribution in [0.4, 0.5) is 0 Å². The largest absolute Gasteiger partial charge is 0.292 e. The summed E-state index contributed by atoms with van der Waals surface area (Å²) < 4.78 is 0. The molecule has 9 fully saturated rings. The van der Waals surface area contributed by atoms with Crippen LogP contribution in [-0.2, 0) is 0 Å². The number of benzene rings is 4. The first-order chi connectivity index (χ1) is 28.8. The Morgan fingerprint density at radius 3 is 1.10 bits per heavy atom. The minimum Gasteiger partial charge on any atom is -0.292 e. The third-order valence-electron chi connectivity index (χ3n) is 18.5. The van der Waals surface area contributed by atoms with Crippen LogP contribution < -0.4 is 0 Å². The summed E-state index contributed by atoms with van der Waals surface area (Å²) in [6, 6.07) is 51.7. The molecule has 0 spiro atoms. The molecule has 0 bridgehead atoms. The van der Waals surface area contributed by atoms with Crippen molar-refractivity contribution in [2.45, 2.75) is 158 Å². The lowest BCUT2D eigenvalue weighted by Crippen LogP contribution is -2.68. The van der Waals surface area contributed by atoms with Crippen LogP contribution in [0.25, 0.3) is 0 Å². The van der Waals surface area contributed by atoms with E-state index in [4.69, 9.17) is 0 Å². The molecule has 4 heteroatoms. The van der Waals surface area contributed by atoms with Gasteiger partial charge in [0.05, 0.1) is 0 Å². The second-order valence-corrected chi connectivity index (χ2v) is 23.4. The van der Waals surface area contributed by atoms with Crippen LogP contribution in [0.1, 0.15) is 123 Å². The van der Waals surface area contributed by atoms with Gasteiger partial charge in [0.25, 0.3) is 0 Å². The maximum atomic E-state index is 3.37. The highest BCUT2D eigenvalue weighted by Crippen LogP contribution is 2.66. The molecule has 18 unspecified atom stereocenters. The van der Waals surface area contributed by atoms with E-state index in [1.54, 1.807) is 22.3 Å². The molecule has 5 saturated carbocycles. The summed E-state index contributed by atoms with van der Waals surface area (Å²) in [5.74, 6) is 6.38. The zero-order valence-corrected chi connectivity index (χ0v) is 35.8. The Labute approximate surface area is 356 Å². The van der Waals surface area contributed by atoms with E-state index >= 15 is 0 Å². The molecule has 2 nitrogen and oxygen atoms in total. The fourth-order valence-electron chi connectivity index (χ4n) is 16.4. The Morgan fingerprint density at radius 1 is 0.345 bits per heavy atom.